The van der Waals surface area contributed by atoms with E-state index in [4.69, 9.17) is 10.5 Å². The minimum atomic E-state index is -1.18. The molecule has 2 aliphatic rings. The molecule has 226 valence electrons. The zero-order valence-electron chi connectivity index (χ0n) is 23.9. The van der Waals surface area contributed by atoms with Crippen molar-refractivity contribution in [1.29, 1.82) is 5.26 Å². The van der Waals surface area contributed by atoms with Gasteiger partial charge in [-0.1, -0.05) is 6.07 Å². The quantitative estimate of drug-likeness (QED) is 0.142. The maximum absolute atomic E-state index is 15.5. The zero-order valence-corrected chi connectivity index (χ0v) is 26.0. The second-order valence-corrected chi connectivity index (χ2v) is 15.2. The van der Waals surface area contributed by atoms with Crippen LogP contribution < -0.4 is 10.5 Å². The summed E-state index contributed by atoms with van der Waals surface area (Å²) in [4.78, 5) is 23.7. The summed E-state index contributed by atoms with van der Waals surface area (Å²) in [5, 5.41) is 16.0. The van der Waals surface area contributed by atoms with Crippen molar-refractivity contribution in [2.75, 3.05) is 12.3 Å². The molecule has 2 aromatic carbocycles. The van der Waals surface area contributed by atoms with Gasteiger partial charge in [0.15, 0.2) is 11.6 Å². The van der Waals surface area contributed by atoms with Gasteiger partial charge in [-0.2, -0.15) is 4.39 Å². The van der Waals surface area contributed by atoms with E-state index in [1.165, 1.54) is 30.6 Å². The van der Waals surface area contributed by atoms with E-state index < -0.39 is 17.5 Å². The van der Waals surface area contributed by atoms with Gasteiger partial charge in [0.2, 0.25) is 5.82 Å². The van der Waals surface area contributed by atoms with Crippen molar-refractivity contribution in [3.63, 3.8) is 0 Å². The van der Waals surface area contributed by atoms with Crippen LogP contribution in [0, 0.1) is 28.8 Å². The van der Waals surface area contributed by atoms with Gasteiger partial charge >= 0.3 is 187 Å². The number of rotatable bonds is 9. The number of fused-ring (bicyclic) bond motifs is 1. The number of hydrogen-bond acceptors (Lipinski definition) is 7. The van der Waals surface area contributed by atoms with E-state index in [1.807, 2.05) is 6.08 Å². The second kappa shape index (κ2) is 12.0. The number of nitrogen functional groups attached to an aromatic ring is 1. The molecule has 44 heavy (non-hydrogen) atoms. The van der Waals surface area contributed by atoms with Gasteiger partial charge in [-0.15, -0.1) is 0 Å². The molecule has 2 N–H and O–H groups in total. The zero-order chi connectivity index (χ0) is 31.0. The predicted octanol–water partition coefficient (Wildman–Crippen LogP) is 5.55. The van der Waals surface area contributed by atoms with Crippen molar-refractivity contribution in [1.82, 2.24) is 24.6 Å². The van der Waals surface area contributed by atoms with Crippen LogP contribution in [0.4, 0.5) is 19.0 Å². The number of benzene rings is 2. The molecule has 2 atom stereocenters. The number of anilines is 1. The van der Waals surface area contributed by atoms with Crippen LogP contribution in [-0.2, 0) is 11.3 Å². The van der Waals surface area contributed by atoms with E-state index in [9.17, 15) is 18.8 Å². The Labute approximate surface area is 258 Å². The van der Waals surface area contributed by atoms with Crippen LogP contribution in [-0.4, -0.2) is 58.9 Å². The molecule has 3 heterocycles. The number of nitrogens with two attached hydrogens (primary N) is 1. The van der Waals surface area contributed by atoms with Crippen LogP contribution in [0.3, 0.4) is 0 Å². The number of amides is 1. The molecule has 0 bridgehead atoms. The van der Waals surface area contributed by atoms with Gasteiger partial charge in [-0.05, 0) is 18.2 Å². The number of ether oxygens (including phenoxy) is 1. The summed E-state index contributed by atoms with van der Waals surface area (Å²) >= 11 is -0.255. The van der Waals surface area contributed by atoms with Crippen LogP contribution >= 0.6 is 0 Å². The summed E-state index contributed by atoms with van der Waals surface area (Å²) < 4.78 is 50.3. The molecule has 1 amide bonds. The standard InChI is InChI=1S/C31H29AsF3N7O2/c1-2-32-31(10-11-31)14-18(15-36)30(43)41-12-4-5-19(41)16-42-29-25(28(37)38-17-39-29)27(40-42)21-9-8-20(13-23(21)34)44-24-7-3-6-22(33)26(24)35/h3,6-9,13-14,17,19,32H,2,4-5,10-12,16H2,1H3,(H2,37,38,39)/b18-14+/t19-/m0/s1. The Morgan fingerprint density at radius 2 is 2.05 bits per heavy atom. The first kappa shape index (κ1) is 29.7. The fraction of sp³-hybridized carbons (Fsp3) is 0.323. The van der Waals surface area contributed by atoms with Gasteiger partial charge in [0, 0.05) is 6.07 Å². The third-order valence-corrected chi connectivity index (χ3v) is 11.6. The van der Waals surface area contributed by atoms with Gasteiger partial charge in [-0.3, -0.25) is 0 Å². The van der Waals surface area contributed by atoms with Crippen LogP contribution in [0.25, 0.3) is 22.3 Å². The average molecular weight is 664 g/mol. The molecule has 0 spiro atoms. The topological polar surface area (TPSA) is 123 Å². The Morgan fingerprint density at radius 1 is 1.23 bits per heavy atom. The maximum atomic E-state index is 15.5. The summed E-state index contributed by atoms with van der Waals surface area (Å²) in [5.41, 5.74) is 7.05. The van der Waals surface area contributed by atoms with Crippen molar-refractivity contribution in [2.24, 2.45) is 0 Å². The van der Waals surface area contributed by atoms with Gasteiger partial charge in [0.05, 0.1) is 0 Å². The summed E-state index contributed by atoms with van der Waals surface area (Å²) in [6.07, 6.45) is 6.76. The third-order valence-electron chi connectivity index (χ3n) is 8.01. The summed E-state index contributed by atoms with van der Waals surface area (Å²) in [6, 6.07) is 9.23. The second-order valence-electron chi connectivity index (χ2n) is 10.9. The van der Waals surface area contributed by atoms with Crippen molar-refractivity contribution in [3.05, 3.63) is 71.8 Å². The van der Waals surface area contributed by atoms with Crippen LogP contribution in [0.2, 0.25) is 9.41 Å². The number of aromatic nitrogens is 4. The first-order chi connectivity index (χ1) is 21.2. The molecule has 4 aromatic rings. The fourth-order valence-electron chi connectivity index (χ4n) is 5.71. The van der Waals surface area contributed by atoms with Gasteiger partial charge < -0.3 is 4.74 Å². The number of nitrogens with zero attached hydrogens (tertiary/aromatic N) is 6. The number of hydrogen-bond donors (Lipinski definition) is 1. The Morgan fingerprint density at radius 3 is 2.77 bits per heavy atom. The molecule has 13 heteroatoms. The summed E-state index contributed by atoms with van der Waals surface area (Å²) in [7, 11) is 0. The fourth-order valence-corrected chi connectivity index (χ4v) is 8.71. The normalized spacial score (nSPS) is 17.8. The summed E-state index contributed by atoms with van der Waals surface area (Å²) in [5.74, 6) is -3.60. The van der Waals surface area contributed by atoms with E-state index >= 15 is 4.39 Å². The van der Waals surface area contributed by atoms with E-state index in [0.717, 1.165) is 36.6 Å². The van der Waals surface area contributed by atoms with E-state index in [-0.39, 0.29) is 72.6 Å². The molecule has 2 aromatic heterocycles. The molecular weight excluding hydrogens is 634 g/mol. The SMILES string of the molecule is CC[AsH]C1(/C=C(\C#N)C(=O)N2CCC[C@H]2Cn2nc(-c3ccc(Oc4cccc(F)c4F)cc3F)c3c(N)ncnc32)CC1. The van der Waals surface area contributed by atoms with Gasteiger partial charge in [0.1, 0.15) is 5.75 Å². The Kier molecular flexibility index (Phi) is 8.08. The molecule has 1 aliphatic heterocycles. The number of likely N-dealkylation sites (tertiary alicyclic amines) is 1. The van der Waals surface area contributed by atoms with E-state index in [1.54, 1.807) is 9.58 Å². The molecule has 9 nitrogen and oxygen atoms in total. The minimum absolute atomic E-state index is 0.0421. The number of halogens is 3. The van der Waals surface area contributed by atoms with Gasteiger partial charge in [0.25, 0.3) is 0 Å². The third kappa shape index (κ3) is 5.64. The summed E-state index contributed by atoms with van der Waals surface area (Å²) in [6.45, 7) is 2.93. The Balaban J connectivity index is 1.30. The van der Waals surface area contributed by atoms with E-state index in [0.29, 0.717) is 24.0 Å². The molecule has 1 unspecified atom stereocenters. The molecule has 0 radical (unpaired) electrons. The predicted molar refractivity (Wildman–Crippen MR) is 160 cm³/mol. The monoisotopic (exact) mass is 663 g/mol. The number of nitriles is 1. The molecule has 1 saturated heterocycles. The van der Waals surface area contributed by atoms with Gasteiger partial charge in [-0.25, -0.2) is 8.78 Å². The van der Waals surface area contributed by atoms with Crippen molar-refractivity contribution < 1.29 is 22.7 Å². The molecule has 2 fully saturated rings. The Bertz CT molecular complexity index is 1830. The van der Waals surface area contributed by atoms with E-state index in [2.05, 4.69) is 28.1 Å². The van der Waals surface area contributed by atoms with Crippen LogP contribution in [0.5, 0.6) is 11.5 Å². The number of carbonyl (C=O) groups excluding carboxylic acids is 1. The first-order valence-corrected chi connectivity index (χ1v) is 16.8. The first-order valence-electron chi connectivity index (χ1n) is 14.3. The average Bonchev–Trinajstić information content (AvgIpc) is 3.43. The number of allylic oxidation sites excluding steroid dienone is 1. The number of carbonyl (C=O) groups is 1. The molecule has 1 aliphatic carbocycles. The van der Waals surface area contributed by atoms with Crippen LogP contribution in [0.15, 0.2) is 54.4 Å². The Hall–Kier alpha value is -4.36. The molecule has 6 rings (SSSR count). The molecular formula is C31H29AsF3N7O2. The van der Waals surface area contributed by atoms with Crippen LogP contribution in [0.1, 0.15) is 32.6 Å². The van der Waals surface area contributed by atoms with Crippen molar-refractivity contribution >= 4 is 38.5 Å². The van der Waals surface area contributed by atoms with Crippen molar-refractivity contribution in [2.45, 2.75) is 54.6 Å². The molecule has 1 saturated carbocycles. The van der Waals surface area contributed by atoms with Crippen molar-refractivity contribution in [3.8, 4) is 28.8 Å².